The van der Waals surface area contributed by atoms with E-state index in [1.807, 2.05) is 12.1 Å². The molecular formula is C19H20ClN3O3. The molecule has 1 fully saturated rings. The first-order chi connectivity index (χ1) is 12.7. The number of ether oxygens (including phenoxy) is 2. The van der Waals surface area contributed by atoms with Crippen LogP contribution in [0.25, 0.3) is 0 Å². The zero-order valence-corrected chi connectivity index (χ0v) is 15.1. The van der Waals surface area contributed by atoms with E-state index in [2.05, 4.69) is 15.2 Å². The molecule has 2 aliphatic rings. The molecule has 0 saturated carbocycles. The van der Waals surface area contributed by atoms with Crippen LogP contribution < -0.4 is 19.7 Å². The van der Waals surface area contributed by atoms with Gasteiger partial charge in [-0.25, -0.2) is 4.98 Å². The van der Waals surface area contributed by atoms with Crippen molar-refractivity contribution in [3.63, 3.8) is 0 Å². The molecule has 1 aromatic heterocycles. The summed E-state index contributed by atoms with van der Waals surface area (Å²) in [7, 11) is 0. The van der Waals surface area contributed by atoms with Crippen molar-refractivity contribution in [2.75, 3.05) is 36.5 Å². The first kappa shape index (κ1) is 17.0. The van der Waals surface area contributed by atoms with Gasteiger partial charge >= 0.3 is 0 Å². The number of carbonyl (C=O) groups is 1. The highest BCUT2D eigenvalue weighted by atomic mass is 35.5. The summed E-state index contributed by atoms with van der Waals surface area (Å²) in [6.45, 7) is 3.16. The van der Waals surface area contributed by atoms with Gasteiger partial charge in [0.15, 0.2) is 11.5 Å². The summed E-state index contributed by atoms with van der Waals surface area (Å²) in [4.78, 5) is 19.3. The molecule has 3 heterocycles. The Morgan fingerprint density at radius 2 is 1.92 bits per heavy atom. The third-order valence-corrected chi connectivity index (χ3v) is 4.78. The van der Waals surface area contributed by atoms with Gasteiger partial charge in [-0.15, -0.1) is 0 Å². The van der Waals surface area contributed by atoms with Gasteiger partial charge in [-0.05, 0) is 37.1 Å². The highest BCUT2D eigenvalue weighted by molar-refractivity contribution is 6.32. The number of carbonyl (C=O) groups excluding carboxylic acids is 1. The molecule has 0 unspecified atom stereocenters. The number of hydrogen-bond donors (Lipinski definition) is 1. The summed E-state index contributed by atoms with van der Waals surface area (Å²) >= 11 is 6.26. The Morgan fingerprint density at radius 1 is 1.12 bits per heavy atom. The van der Waals surface area contributed by atoms with Crippen molar-refractivity contribution in [3.8, 4) is 11.5 Å². The van der Waals surface area contributed by atoms with Crippen molar-refractivity contribution in [1.82, 2.24) is 4.98 Å². The van der Waals surface area contributed by atoms with Crippen LogP contribution in [-0.4, -0.2) is 37.2 Å². The maximum absolute atomic E-state index is 12.6. The number of fused-ring (bicyclic) bond motifs is 1. The maximum Gasteiger partial charge on any atom is 0.255 e. The lowest BCUT2D eigenvalue weighted by Gasteiger charge is -2.16. The quantitative estimate of drug-likeness (QED) is 0.887. The molecule has 0 bridgehead atoms. The van der Waals surface area contributed by atoms with Gasteiger partial charge in [0.1, 0.15) is 5.82 Å². The van der Waals surface area contributed by atoms with Gasteiger partial charge in [-0.2, -0.15) is 0 Å². The third-order valence-electron chi connectivity index (χ3n) is 4.50. The standard InChI is InChI=1S/C19H20ClN3O3/c20-15-10-13(11-16-18(15)26-9-3-8-25-16)19(24)22-14-4-5-17(21-12-14)23-6-1-2-7-23/h4-5,10-12H,1-3,6-9H2,(H,22,24). The van der Waals surface area contributed by atoms with E-state index in [1.165, 1.54) is 12.8 Å². The van der Waals surface area contributed by atoms with E-state index in [9.17, 15) is 4.79 Å². The number of anilines is 2. The molecule has 2 aromatic rings. The predicted octanol–water partition coefficient (Wildman–Crippen LogP) is 3.75. The Hall–Kier alpha value is -2.47. The molecule has 6 nitrogen and oxygen atoms in total. The molecule has 2 aliphatic heterocycles. The number of hydrogen-bond acceptors (Lipinski definition) is 5. The predicted molar refractivity (Wildman–Crippen MR) is 101 cm³/mol. The lowest BCUT2D eigenvalue weighted by Crippen LogP contribution is -2.19. The van der Waals surface area contributed by atoms with Crippen LogP contribution in [0.2, 0.25) is 5.02 Å². The molecule has 1 saturated heterocycles. The van der Waals surface area contributed by atoms with Crippen molar-refractivity contribution in [2.24, 2.45) is 0 Å². The molecule has 7 heteroatoms. The van der Waals surface area contributed by atoms with E-state index in [-0.39, 0.29) is 5.91 Å². The molecule has 0 atom stereocenters. The van der Waals surface area contributed by atoms with Crippen molar-refractivity contribution < 1.29 is 14.3 Å². The lowest BCUT2D eigenvalue weighted by molar-refractivity contribution is 0.102. The summed E-state index contributed by atoms with van der Waals surface area (Å²) in [5.41, 5.74) is 1.06. The zero-order valence-electron chi connectivity index (χ0n) is 14.3. The van der Waals surface area contributed by atoms with Gasteiger partial charge in [-0.1, -0.05) is 11.6 Å². The van der Waals surface area contributed by atoms with Gasteiger partial charge < -0.3 is 19.7 Å². The number of benzene rings is 1. The number of amides is 1. The number of halogens is 1. The number of nitrogens with zero attached hydrogens (tertiary/aromatic N) is 2. The molecule has 4 rings (SSSR count). The van der Waals surface area contributed by atoms with Crippen LogP contribution >= 0.6 is 11.6 Å². The number of aromatic nitrogens is 1. The highest BCUT2D eigenvalue weighted by Gasteiger charge is 2.19. The van der Waals surface area contributed by atoms with Crippen molar-refractivity contribution in [3.05, 3.63) is 41.0 Å². The fraction of sp³-hybridized carbons (Fsp3) is 0.368. The topological polar surface area (TPSA) is 63.7 Å². The third kappa shape index (κ3) is 3.55. The smallest absolute Gasteiger partial charge is 0.255 e. The van der Waals surface area contributed by atoms with Gasteiger partial charge in [0.05, 0.1) is 30.1 Å². The second kappa shape index (κ2) is 7.41. The highest BCUT2D eigenvalue weighted by Crippen LogP contribution is 2.38. The average molecular weight is 374 g/mol. The van der Waals surface area contributed by atoms with Gasteiger partial charge in [0, 0.05) is 25.1 Å². The number of rotatable bonds is 3. The fourth-order valence-electron chi connectivity index (χ4n) is 3.16. The molecular weight excluding hydrogens is 354 g/mol. The van der Waals surface area contributed by atoms with E-state index >= 15 is 0 Å². The Kier molecular flexibility index (Phi) is 4.84. The van der Waals surface area contributed by atoms with Crippen LogP contribution in [0.4, 0.5) is 11.5 Å². The van der Waals surface area contributed by atoms with Crippen LogP contribution in [0, 0.1) is 0 Å². The minimum absolute atomic E-state index is 0.265. The van der Waals surface area contributed by atoms with Gasteiger partial charge in [0.2, 0.25) is 0 Å². The average Bonchev–Trinajstić information content (AvgIpc) is 3.07. The fourth-order valence-corrected chi connectivity index (χ4v) is 3.42. The summed E-state index contributed by atoms with van der Waals surface area (Å²) in [6.07, 6.45) is 4.86. The van der Waals surface area contributed by atoms with Gasteiger partial charge in [-0.3, -0.25) is 4.79 Å². The lowest BCUT2D eigenvalue weighted by atomic mass is 10.2. The SMILES string of the molecule is O=C(Nc1ccc(N2CCCC2)nc1)c1cc(Cl)c2c(c1)OCCCO2. The Balaban J connectivity index is 1.49. The normalized spacial score (nSPS) is 16.3. The molecule has 136 valence electrons. The molecule has 0 aliphatic carbocycles. The van der Waals surface area contributed by atoms with Crippen molar-refractivity contribution in [2.45, 2.75) is 19.3 Å². The molecule has 26 heavy (non-hydrogen) atoms. The van der Waals surface area contributed by atoms with E-state index in [0.717, 1.165) is 25.3 Å². The van der Waals surface area contributed by atoms with Crippen LogP contribution in [-0.2, 0) is 0 Å². The largest absolute Gasteiger partial charge is 0.489 e. The Morgan fingerprint density at radius 3 is 2.69 bits per heavy atom. The zero-order chi connectivity index (χ0) is 17.9. The summed E-state index contributed by atoms with van der Waals surface area (Å²) in [5.74, 6) is 1.68. The second-order valence-corrected chi connectivity index (χ2v) is 6.80. The monoisotopic (exact) mass is 373 g/mol. The van der Waals surface area contributed by atoms with Crippen LogP contribution in [0.5, 0.6) is 11.5 Å². The minimum Gasteiger partial charge on any atom is -0.489 e. The summed E-state index contributed by atoms with van der Waals surface area (Å²) in [5, 5.41) is 3.22. The van der Waals surface area contributed by atoms with Crippen LogP contribution in [0.1, 0.15) is 29.6 Å². The molecule has 1 aromatic carbocycles. The van der Waals surface area contributed by atoms with Crippen molar-refractivity contribution >= 4 is 29.0 Å². The Bertz CT molecular complexity index is 804. The summed E-state index contributed by atoms with van der Waals surface area (Å²) < 4.78 is 11.2. The Labute approximate surface area is 157 Å². The van der Waals surface area contributed by atoms with Gasteiger partial charge in [0.25, 0.3) is 5.91 Å². The van der Waals surface area contributed by atoms with E-state index in [1.54, 1.807) is 18.3 Å². The first-order valence-electron chi connectivity index (χ1n) is 8.82. The molecule has 1 amide bonds. The summed E-state index contributed by atoms with van der Waals surface area (Å²) in [6, 6.07) is 7.05. The van der Waals surface area contributed by atoms with E-state index in [0.29, 0.717) is 41.0 Å². The van der Waals surface area contributed by atoms with Crippen LogP contribution in [0.3, 0.4) is 0 Å². The number of nitrogens with one attached hydrogen (secondary N) is 1. The first-order valence-corrected chi connectivity index (χ1v) is 9.20. The minimum atomic E-state index is -0.265. The van der Waals surface area contributed by atoms with Crippen molar-refractivity contribution in [1.29, 1.82) is 0 Å². The van der Waals surface area contributed by atoms with Crippen LogP contribution in [0.15, 0.2) is 30.5 Å². The molecule has 0 spiro atoms. The maximum atomic E-state index is 12.6. The second-order valence-electron chi connectivity index (χ2n) is 6.39. The van der Waals surface area contributed by atoms with E-state index < -0.39 is 0 Å². The number of pyridine rings is 1. The molecule has 1 N–H and O–H groups in total. The molecule has 0 radical (unpaired) electrons. The van der Waals surface area contributed by atoms with E-state index in [4.69, 9.17) is 21.1 Å².